The number of morpholine rings is 1. The average Bonchev–Trinajstić information content (AvgIpc) is 3.45. The Bertz CT molecular complexity index is 1640. The molecule has 0 radical (unpaired) electrons. The minimum absolute atomic E-state index is 0.0387. The Morgan fingerprint density at radius 1 is 1.04 bits per heavy atom. The van der Waals surface area contributed by atoms with Gasteiger partial charge in [0.05, 0.1) is 30.2 Å². The van der Waals surface area contributed by atoms with Crippen LogP contribution in [0.1, 0.15) is 40.2 Å². The predicted molar refractivity (Wildman–Crippen MR) is 169 cm³/mol. The maximum Gasteiger partial charge on any atom is 0.243 e. The van der Waals surface area contributed by atoms with Crippen LogP contribution in [-0.4, -0.2) is 106 Å². The zero-order valence-electron chi connectivity index (χ0n) is 25.9. The third-order valence-electron chi connectivity index (χ3n) is 8.97. The molecule has 0 spiro atoms. The van der Waals surface area contributed by atoms with Gasteiger partial charge >= 0.3 is 0 Å². The van der Waals surface area contributed by atoms with Gasteiger partial charge in [0, 0.05) is 106 Å². The summed E-state index contributed by atoms with van der Waals surface area (Å²) in [7, 11) is -2.14. The molecule has 0 unspecified atom stereocenters. The van der Waals surface area contributed by atoms with Crippen LogP contribution in [0.15, 0.2) is 41.3 Å². The average molecular weight is 659 g/mol. The lowest BCUT2D eigenvalue weighted by molar-refractivity contribution is 0.0393. The summed E-state index contributed by atoms with van der Waals surface area (Å²) in [4.78, 5) is 18.0. The first-order valence-electron chi connectivity index (χ1n) is 15.7. The van der Waals surface area contributed by atoms with E-state index in [0.717, 1.165) is 81.4 Å². The van der Waals surface area contributed by atoms with E-state index < -0.39 is 26.6 Å². The fraction of sp³-hybridized carbons (Fsp3) is 0.500. The van der Waals surface area contributed by atoms with Crippen molar-refractivity contribution in [1.29, 1.82) is 0 Å². The normalized spacial score (nSPS) is 18.3. The molecule has 2 N–H and O–H groups in total. The quantitative estimate of drug-likeness (QED) is 0.300. The first kappa shape index (κ1) is 32.5. The number of likely N-dealkylation sites (N-methyl/N-ethyl adjacent to an activating group) is 1. The fourth-order valence-corrected chi connectivity index (χ4v) is 7.65. The van der Waals surface area contributed by atoms with Crippen molar-refractivity contribution in [2.45, 2.75) is 43.2 Å². The van der Waals surface area contributed by atoms with E-state index in [9.17, 15) is 22.0 Å². The van der Waals surface area contributed by atoms with Crippen LogP contribution in [0.2, 0.25) is 0 Å². The second-order valence-corrected chi connectivity index (χ2v) is 14.0. The van der Waals surface area contributed by atoms with Crippen molar-refractivity contribution in [3.05, 3.63) is 70.5 Å². The molecule has 0 bridgehead atoms. The van der Waals surface area contributed by atoms with Crippen LogP contribution in [0.25, 0.3) is 0 Å². The molecule has 4 heterocycles. The highest BCUT2D eigenvalue weighted by atomic mass is 32.2. The maximum atomic E-state index is 13.9. The van der Waals surface area contributed by atoms with Crippen LogP contribution in [0, 0.1) is 11.6 Å². The van der Waals surface area contributed by atoms with E-state index in [0.29, 0.717) is 42.5 Å². The Morgan fingerprint density at radius 2 is 1.76 bits per heavy atom. The molecular formula is C32H40F2N6O5S. The molecule has 2 aromatic carbocycles. The summed E-state index contributed by atoms with van der Waals surface area (Å²) in [5, 5.41) is 11.0. The Balaban J connectivity index is 1.20. The van der Waals surface area contributed by atoms with E-state index >= 15 is 0 Å². The van der Waals surface area contributed by atoms with E-state index in [-0.39, 0.29) is 31.3 Å². The first-order chi connectivity index (χ1) is 22.2. The van der Waals surface area contributed by atoms with Gasteiger partial charge in [0.2, 0.25) is 10.0 Å². The monoisotopic (exact) mass is 658 g/mol. The molecule has 2 fully saturated rings. The number of aromatic nitrogens is 2. The zero-order chi connectivity index (χ0) is 32.3. The van der Waals surface area contributed by atoms with E-state index in [1.807, 2.05) is 25.2 Å². The van der Waals surface area contributed by atoms with E-state index in [4.69, 9.17) is 9.47 Å². The molecule has 3 aromatic rings. The summed E-state index contributed by atoms with van der Waals surface area (Å²) >= 11 is 0. The lowest BCUT2D eigenvalue weighted by Crippen LogP contribution is -2.40. The maximum absolute atomic E-state index is 13.9. The number of sulfonamides is 1. The molecule has 2 saturated heterocycles. The van der Waals surface area contributed by atoms with Crippen molar-refractivity contribution in [2.24, 2.45) is 0 Å². The number of carbonyl (C=O) groups excluding carboxylic acids is 1. The third kappa shape index (κ3) is 7.41. The summed E-state index contributed by atoms with van der Waals surface area (Å²) in [5.41, 5.74) is 4.08. The van der Waals surface area contributed by atoms with Crippen LogP contribution in [0.4, 0.5) is 20.2 Å². The highest BCUT2D eigenvalue weighted by molar-refractivity contribution is 7.89. The molecule has 14 heteroatoms. The number of halogens is 2. The lowest BCUT2D eigenvalue weighted by atomic mass is 9.98. The molecule has 0 aliphatic carbocycles. The number of rotatable bonds is 11. The molecule has 248 valence electrons. The van der Waals surface area contributed by atoms with E-state index in [2.05, 4.69) is 25.3 Å². The number of carbonyl (C=O) groups is 1. The number of hydrogen-bond donors (Lipinski definition) is 2. The molecule has 1 aromatic heterocycles. The van der Waals surface area contributed by atoms with Gasteiger partial charge in [0.25, 0.3) is 0 Å². The Hall–Kier alpha value is -3.43. The van der Waals surface area contributed by atoms with Gasteiger partial charge in [-0.05, 0) is 43.2 Å². The second kappa shape index (κ2) is 14.1. The Morgan fingerprint density at radius 3 is 2.50 bits per heavy atom. The van der Waals surface area contributed by atoms with Gasteiger partial charge in [-0.3, -0.25) is 14.8 Å². The number of nitrogens with zero attached hydrogens (tertiary/aromatic N) is 4. The second-order valence-electron chi connectivity index (χ2n) is 12.1. The van der Waals surface area contributed by atoms with Crippen molar-refractivity contribution in [2.75, 3.05) is 76.4 Å². The molecule has 46 heavy (non-hydrogen) atoms. The van der Waals surface area contributed by atoms with Crippen LogP contribution >= 0.6 is 0 Å². The van der Waals surface area contributed by atoms with Crippen molar-refractivity contribution >= 4 is 27.2 Å². The van der Waals surface area contributed by atoms with Crippen LogP contribution < -0.4 is 10.2 Å². The molecule has 0 atom stereocenters. The van der Waals surface area contributed by atoms with Crippen LogP contribution in [0.5, 0.6) is 0 Å². The smallest absolute Gasteiger partial charge is 0.243 e. The number of fused-ring (bicyclic) bond motifs is 1. The summed E-state index contributed by atoms with van der Waals surface area (Å²) < 4.78 is 66.5. The number of benzene rings is 2. The third-order valence-corrected chi connectivity index (χ3v) is 10.8. The predicted octanol–water partition coefficient (Wildman–Crippen LogP) is 3.22. The van der Waals surface area contributed by atoms with Gasteiger partial charge in [0.15, 0.2) is 5.78 Å². The Kier molecular flexibility index (Phi) is 9.99. The van der Waals surface area contributed by atoms with E-state index in [1.165, 1.54) is 4.31 Å². The molecular weight excluding hydrogens is 618 g/mol. The molecule has 3 aliphatic heterocycles. The molecule has 0 saturated carbocycles. The highest BCUT2D eigenvalue weighted by Crippen LogP contribution is 2.30. The van der Waals surface area contributed by atoms with Gasteiger partial charge in [-0.1, -0.05) is 0 Å². The van der Waals surface area contributed by atoms with Crippen molar-refractivity contribution in [1.82, 2.24) is 19.4 Å². The summed E-state index contributed by atoms with van der Waals surface area (Å²) in [6.07, 6.45) is 1.95. The minimum Gasteiger partial charge on any atom is -0.381 e. The fourth-order valence-electron chi connectivity index (χ4n) is 6.19. The minimum atomic E-state index is -4.18. The van der Waals surface area contributed by atoms with Crippen molar-refractivity contribution < 1.29 is 31.5 Å². The molecule has 0 amide bonds. The largest absolute Gasteiger partial charge is 0.381 e. The number of ether oxygens (including phenoxy) is 2. The number of anilines is 2. The number of H-pyrrole nitrogens is 1. The van der Waals surface area contributed by atoms with Gasteiger partial charge in [-0.2, -0.15) is 9.40 Å². The number of ketones is 1. The van der Waals surface area contributed by atoms with E-state index in [1.54, 1.807) is 0 Å². The number of hydrogen-bond acceptors (Lipinski definition) is 9. The first-order valence-corrected chi connectivity index (χ1v) is 17.2. The molecule has 6 rings (SSSR count). The number of nitrogens with one attached hydrogen (secondary N) is 2. The topological polar surface area (TPSA) is 120 Å². The summed E-state index contributed by atoms with van der Waals surface area (Å²) in [6, 6.07) is 8.24. The summed E-state index contributed by atoms with van der Waals surface area (Å²) in [5.74, 6) is -2.09. The number of Topliss-reactive ketones (excluding diaryl/α,β-unsaturated/α-hetero) is 1. The van der Waals surface area contributed by atoms with Gasteiger partial charge in [0.1, 0.15) is 11.6 Å². The number of aromatic amines is 1. The molecule has 11 nitrogen and oxygen atoms in total. The van der Waals surface area contributed by atoms with Crippen LogP contribution in [0.3, 0.4) is 0 Å². The summed E-state index contributed by atoms with van der Waals surface area (Å²) in [6.45, 7) is 6.43. The van der Waals surface area contributed by atoms with Gasteiger partial charge in [-0.15, -0.1) is 0 Å². The SMILES string of the molecule is CN(CCN1CCOCC1)c1ccc(C(=O)Cc2n[nH]c3c2CN(S(=O)(=O)c2cc(F)cc(F)c2)CC3)c(NC2CCOCC2)c1. The Labute approximate surface area is 267 Å². The standard InChI is InChI=1S/C32H40F2N6O5S/c1-38(8-9-39-10-14-45-15-11-39)25-2-3-27(30(19-25)35-24-5-12-44-13-6-24)32(41)20-31-28-21-40(7-4-29(28)36-37-31)46(42,43)26-17-22(33)16-23(34)18-26/h2-3,16-19,24,35H,4-15,20-21H2,1H3,(H,36,37). The van der Waals surface area contributed by atoms with Gasteiger partial charge in [-0.25, -0.2) is 17.2 Å². The molecule has 3 aliphatic rings. The van der Waals surface area contributed by atoms with Crippen molar-refractivity contribution in [3.8, 4) is 0 Å². The van der Waals surface area contributed by atoms with Gasteiger partial charge < -0.3 is 19.7 Å². The van der Waals surface area contributed by atoms with Crippen molar-refractivity contribution in [3.63, 3.8) is 0 Å². The van der Waals surface area contributed by atoms with Crippen LogP contribution in [-0.2, 0) is 38.9 Å². The lowest BCUT2D eigenvalue weighted by Gasteiger charge is -2.30. The zero-order valence-corrected chi connectivity index (χ0v) is 26.8. The highest BCUT2D eigenvalue weighted by Gasteiger charge is 2.32.